The van der Waals surface area contributed by atoms with Crippen LogP contribution in [0.5, 0.6) is 5.75 Å². The standard InChI is InChI=1S/C30H27Cl2FN2OS/c1-20-6-13-29(21(2)16-20)37-30(34-25-11-12-28(33)27(32)18-25)35(19-23-4-3-5-26(36)17-23)15-14-22-7-9-24(31)10-8-22/h3-13,16-18,36H,14-15,19H2,1-2H3. The molecule has 0 unspecified atom stereocenters. The van der Waals surface area contributed by atoms with Crippen molar-refractivity contribution < 1.29 is 9.50 Å². The number of halogens is 3. The molecule has 7 heteroatoms. The highest BCUT2D eigenvalue weighted by Gasteiger charge is 2.17. The van der Waals surface area contributed by atoms with E-state index in [1.807, 2.05) is 36.4 Å². The fourth-order valence-corrected chi connectivity index (χ4v) is 5.16. The Balaban J connectivity index is 1.74. The zero-order valence-corrected chi connectivity index (χ0v) is 22.9. The molecule has 0 spiro atoms. The van der Waals surface area contributed by atoms with Crippen molar-refractivity contribution in [2.75, 3.05) is 6.54 Å². The summed E-state index contributed by atoms with van der Waals surface area (Å²) < 4.78 is 13.9. The predicted molar refractivity (Wildman–Crippen MR) is 154 cm³/mol. The number of rotatable bonds is 7. The molecule has 4 rings (SSSR count). The van der Waals surface area contributed by atoms with Crippen molar-refractivity contribution in [3.8, 4) is 5.75 Å². The molecule has 3 nitrogen and oxygen atoms in total. The van der Waals surface area contributed by atoms with Crippen LogP contribution >= 0.6 is 35.0 Å². The molecule has 0 aliphatic carbocycles. The maximum atomic E-state index is 13.9. The molecule has 190 valence electrons. The van der Waals surface area contributed by atoms with E-state index in [1.54, 1.807) is 30.0 Å². The highest BCUT2D eigenvalue weighted by molar-refractivity contribution is 8.13. The van der Waals surface area contributed by atoms with Crippen molar-refractivity contribution in [1.82, 2.24) is 4.90 Å². The van der Waals surface area contributed by atoms with E-state index < -0.39 is 5.82 Å². The van der Waals surface area contributed by atoms with Crippen LogP contribution in [-0.4, -0.2) is 21.7 Å². The van der Waals surface area contributed by atoms with Crippen LogP contribution in [-0.2, 0) is 13.0 Å². The number of amidine groups is 1. The third-order valence-corrected chi connectivity index (χ3v) is 7.55. The van der Waals surface area contributed by atoms with Crippen molar-refractivity contribution in [3.63, 3.8) is 0 Å². The molecule has 0 bridgehead atoms. The second kappa shape index (κ2) is 12.5. The van der Waals surface area contributed by atoms with Crippen LogP contribution in [0.2, 0.25) is 10.0 Å². The van der Waals surface area contributed by atoms with Crippen LogP contribution in [0.25, 0.3) is 0 Å². The maximum Gasteiger partial charge on any atom is 0.169 e. The van der Waals surface area contributed by atoms with Crippen molar-refractivity contribution in [3.05, 3.63) is 123 Å². The highest BCUT2D eigenvalue weighted by atomic mass is 35.5. The predicted octanol–water partition coefficient (Wildman–Crippen LogP) is 8.98. The van der Waals surface area contributed by atoms with Crippen molar-refractivity contribution in [2.24, 2.45) is 4.99 Å². The van der Waals surface area contributed by atoms with E-state index in [0.717, 1.165) is 33.2 Å². The van der Waals surface area contributed by atoms with E-state index in [0.29, 0.717) is 23.8 Å². The fourth-order valence-electron chi connectivity index (χ4n) is 3.87. The molecule has 0 aliphatic rings. The summed E-state index contributed by atoms with van der Waals surface area (Å²) in [6.07, 6.45) is 0.757. The normalized spacial score (nSPS) is 11.5. The van der Waals surface area contributed by atoms with Gasteiger partial charge in [-0.15, -0.1) is 0 Å². The monoisotopic (exact) mass is 552 g/mol. The van der Waals surface area contributed by atoms with E-state index in [-0.39, 0.29) is 10.8 Å². The molecule has 0 aromatic heterocycles. The molecule has 37 heavy (non-hydrogen) atoms. The summed E-state index contributed by atoms with van der Waals surface area (Å²) in [5.74, 6) is -0.274. The lowest BCUT2D eigenvalue weighted by Crippen LogP contribution is -2.30. The molecule has 0 amide bonds. The topological polar surface area (TPSA) is 35.8 Å². The molecule has 0 atom stereocenters. The minimum atomic E-state index is -0.483. The van der Waals surface area contributed by atoms with E-state index in [2.05, 4.69) is 36.9 Å². The van der Waals surface area contributed by atoms with E-state index in [4.69, 9.17) is 28.2 Å². The van der Waals surface area contributed by atoms with Gasteiger partial charge >= 0.3 is 0 Å². The molecule has 0 radical (unpaired) electrons. The zero-order chi connectivity index (χ0) is 26.4. The Morgan fingerprint density at radius 3 is 2.41 bits per heavy atom. The average molecular weight is 554 g/mol. The number of hydrogen-bond donors (Lipinski definition) is 1. The summed E-state index contributed by atoms with van der Waals surface area (Å²) >= 11 is 13.7. The van der Waals surface area contributed by atoms with E-state index >= 15 is 0 Å². The van der Waals surface area contributed by atoms with Gasteiger partial charge in [0.2, 0.25) is 0 Å². The summed E-state index contributed by atoms with van der Waals surface area (Å²) in [6, 6.07) is 25.8. The van der Waals surface area contributed by atoms with Crippen LogP contribution in [0.3, 0.4) is 0 Å². The molecule has 0 saturated heterocycles. The minimum Gasteiger partial charge on any atom is -0.508 e. The Morgan fingerprint density at radius 2 is 1.70 bits per heavy atom. The second-order valence-corrected chi connectivity index (χ2v) is 10.7. The van der Waals surface area contributed by atoms with Crippen LogP contribution in [0.15, 0.2) is 94.8 Å². The van der Waals surface area contributed by atoms with Gasteiger partial charge in [0.25, 0.3) is 0 Å². The van der Waals surface area contributed by atoms with Gasteiger partial charge in [0.1, 0.15) is 11.6 Å². The summed E-state index contributed by atoms with van der Waals surface area (Å²) in [4.78, 5) is 8.18. The van der Waals surface area contributed by atoms with Gasteiger partial charge in [0.05, 0.1) is 10.7 Å². The number of aromatic hydroxyl groups is 1. The van der Waals surface area contributed by atoms with Gasteiger partial charge in [0.15, 0.2) is 5.17 Å². The van der Waals surface area contributed by atoms with Gasteiger partial charge < -0.3 is 10.0 Å². The SMILES string of the molecule is Cc1ccc(SC(=Nc2ccc(F)c(Cl)c2)N(CCc2ccc(Cl)cc2)Cc2cccc(O)c2)c(C)c1. The highest BCUT2D eigenvalue weighted by Crippen LogP contribution is 2.31. The number of hydrogen-bond acceptors (Lipinski definition) is 3. The maximum absolute atomic E-state index is 13.9. The number of benzene rings is 4. The Bertz CT molecular complexity index is 1410. The van der Waals surface area contributed by atoms with Gasteiger partial charge in [-0.05, 0) is 85.5 Å². The first-order chi connectivity index (χ1) is 17.8. The summed E-state index contributed by atoms with van der Waals surface area (Å²) in [5.41, 5.74) is 4.98. The van der Waals surface area contributed by atoms with Crippen molar-refractivity contribution in [2.45, 2.75) is 31.7 Å². The van der Waals surface area contributed by atoms with Crippen molar-refractivity contribution in [1.29, 1.82) is 0 Å². The minimum absolute atomic E-state index is 0.0258. The fraction of sp³-hybridized carbons (Fsp3) is 0.167. The average Bonchev–Trinajstić information content (AvgIpc) is 2.86. The molecule has 4 aromatic carbocycles. The van der Waals surface area contributed by atoms with Gasteiger partial charge in [-0.1, -0.05) is 76.9 Å². The first-order valence-corrected chi connectivity index (χ1v) is 13.4. The number of nitrogens with zero attached hydrogens (tertiary/aromatic N) is 2. The molecule has 0 heterocycles. The van der Waals surface area contributed by atoms with Gasteiger partial charge in [-0.25, -0.2) is 9.38 Å². The second-order valence-electron chi connectivity index (χ2n) is 8.83. The molecule has 0 aliphatic heterocycles. The first-order valence-electron chi connectivity index (χ1n) is 11.8. The molecular weight excluding hydrogens is 526 g/mol. The van der Waals surface area contributed by atoms with Crippen LogP contribution in [0, 0.1) is 19.7 Å². The molecule has 0 saturated carbocycles. The Hall–Kier alpha value is -2.99. The Kier molecular flexibility index (Phi) is 9.14. The Labute approximate surface area is 231 Å². The number of aryl methyl sites for hydroxylation is 2. The zero-order valence-electron chi connectivity index (χ0n) is 20.6. The quantitative estimate of drug-likeness (QED) is 0.141. The number of phenolic OH excluding ortho intramolecular Hbond substituents is 1. The van der Waals surface area contributed by atoms with E-state index in [1.165, 1.54) is 17.7 Å². The van der Waals surface area contributed by atoms with Crippen LogP contribution < -0.4 is 0 Å². The van der Waals surface area contributed by atoms with Crippen LogP contribution in [0.4, 0.5) is 10.1 Å². The summed E-state index contributed by atoms with van der Waals surface area (Å²) in [6.45, 7) is 5.32. The summed E-state index contributed by atoms with van der Waals surface area (Å²) in [7, 11) is 0. The number of aliphatic imine (C=N–C) groups is 1. The van der Waals surface area contributed by atoms with E-state index in [9.17, 15) is 9.50 Å². The molecular formula is C30H27Cl2FN2OS. The van der Waals surface area contributed by atoms with Crippen LogP contribution in [0.1, 0.15) is 22.3 Å². The lowest BCUT2D eigenvalue weighted by molar-refractivity contribution is 0.422. The van der Waals surface area contributed by atoms with Gasteiger partial charge in [0, 0.05) is 23.0 Å². The molecule has 4 aromatic rings. The molecule has 0 fully saturated rings. The van der Waals surface area contributed by atoms with Gasteiger partial charge in [-0.3, -0.25) is 0 Å². The first kappa shape index (κ1) is 27.1. The lowest BCUT2D eigenvalue weighted by atomic mass is 10.1. The smallest absolute Gasteiger partial charge is 0.169 e. The number of phenols is 1. The van der Waals surface area contributed by atoms with Crippen molar-refractivity contribution >= 4 is 45.8 Å². The lowest BCUT2D eigenvalue weighted by Gasteiger charge is -2.27. The largest absolute Gasteiger partial charge is 0.508 e. The number of thioether (sulfide) groups is 1. The third-order valence-electron chi connectivity index (χ3n) is 5.80. The Morgan fingerprint density at radius 1 is 0.919 bits per heavy atom. The summed E-state index contributed by atoms with van der Waals surface area (Å²) in [5, 5.41) is 11.5. The molecule has 1 N–H and O–H groups in total. The third kappa shape index (κ3) is 7.75. The van der Waals surface area contributed by atoms with Gasteiger partial charge in [-0.2, -0.15) is 0 Å².